The molecule has 17 heavy (non-hydrogen) atoms. The Kier molecular flexibility index (Phi) is 3.03. The minimum atomic E-state index is 0.607. The topological polar surface area (TPSA) is 42.2 Å². The normalized spacial score (nSPS) is 24.5. The third kappa shape index (κ3) is 2.17. The molecule has 1 N–H and O–H groups in total. The van der Waals surface area contributed by atoms with Crippen LogP contribution in [0.3, 0.4) is 0 Å². The second-order valence-corrected chi connectivity index (χ2v) is 5.88. The molecule has 1 saturated heterocycles. The summed E-state index contributed by atoms with van der Waals surface area (Å²) in [5.41, 5.74) is 0.915. The van der Waals surface area contributed by atoms with Gasteiger partial charge in [0.25, 0.3) is 0 Å². The first-order valence-corrected chi connectivity index (χ1v) is 7.03. The van der Waals surface area contributed by atoms with Crippen LogP contribution in [0.4, 0.5) is 0 Å². The van der Waals surface area contributed by atoms with Crippen LogP contribution in [-0.2, 0) is 6.54 Å². The second-order valence-electron chi connectivity index (χ2n) is 4.40. The fraction of sp³-hybridized carbons (Fsp3) is 0.500. The Morgan fingerprint density at radius 1 is 1.47 bits per heavy atom. The van der Waals surface area contributed by atoms with Crippen molar-refractivity contribution in [1.29, 1.82) is 0 Å². The van der Waals surface area contributed by atoms with Crippen LogP contribution < -0.4 is 5.32 Å². The molecule has 0 bridgehead atoms. The molecule has 0 spiro atoms. The maximum atomic E-state index is 4.22. The molecule has 90 valence electrons. The van der Waals surface area contributed by atoms with Crippen molar-refractivity contribution in [3.05, 3.63) is 30.2 Å². The molecule has 1 fully saturated rings. The van der Waals surface area contributed by atoms with Crippen LogP contribution >= 0.6 is 11.8 Å². The summed E-state index contributed by atoms with van der Waals surface area (Å²) in [7, 11) is 0. The van der Waals surface area contributed by atoms with E-state index in [-0.39, 0.29) is 0 Å². The van der Waals surface area contributed by atoms with E-state index < -0.39 is 0 Å². The van der Waals surface area contributed by atoms with Gasteiger partial charge in [0.05, 0.1) is 6.54 Å². The number of nitrogens with zero attached hydrogens (tertiary/aromatic N) is 3. The zero-order chi connectivity index (χ0) is 11.7. The molecule has 2 atom stereocenters. The molecule has 0 amide bonds. The van der Waals surface area contributed by atoms with Gasteiger partial charge in [-0.2, -0.15) is 11.8 Å². The number of hydrogen-bond donors (Lipinski definition) is 1. The third-order valence-corrected chi connectivity index (χ3v) is 4.61. The summed E-state index contributed by atoms with van der Waals surface area (Å²) in [4.78, 5) is 0. The van der Waals surface area contributed by atoms with Crippen molar-refractivity contribution in [2.24, 2.45) is 0 Å². The van der Waals surface area contributed by atoms with Crippen LogP contribution in [0.15, 0.2) is 24.4 Å². The number of nitrogens with one attached hydrogen (secondary N) is 1. The molecule has 5 heteroatoms. The van der Waals surface area contributed by atoms with E-state index in [1.54, 1.807) is 0 Å². The monoisotopic (exact) mass is 248 g/mol. The van der Waals surface area contributed by atoms with Crippen molar-refractivity contribution in [1.82, 2.24) is 19.9 Å². The largest absolute Gasteiger partial charge is 0.306 e. The van der Waals surface area contributed by atoms with E-state index in [2.05, 4.69) is 22.4 Å². The van der Waals surface area contributed by atoms with E-state index in [1.807, 2.05) is 40.6 Å². The molecule has 3 rings (SSSR count). The van der Waals surface area contributed by atoms with Crippen molar-refractivity contribution < 1.29 is 0 Å². The summed E-state index contributed by atoms with van der Waals surface area (Å²) in [5.74, 6) is 2.25. The van der Waals surface area contributed by atoms with E-state index in [9.17, 15) is 0 Å². The van der Waals surface area contributed by atoms with Crippen molar-refractivity contribution in [2.45, 2.75) is 31.2 Å². The molecule has 2 aromatic rings. The van der Waals surface area contributed by atoms with Gasteiger partial charge in [0.2, 0.25) is 0 Å². The zero-order valence-corrected chi connectivity index (χ0v) is 10.7. The van der Waals surface area contributed by atoms with Crippen LogP contribution in [0.25, 0.3) is 5.65 Å². The number of rotatable bonds is 3. The summed E-state index contributed by atoms with van der Waals surface area (Å²) in [6.07, 6.45) is 3.27. The summed E-state index contributed by atoms with van der Waals surface area (Å²) in [5, 5.41) is 12.7. The van der Waals surface area contributed by atoms with E-state index >= 15 is 0 Å². The zero-order valence-electron chi connectivity index (χ0n) is 9.84. The summed E-state index contributed by atoms with van der Waals surface area (Å²) in [6.45, 7) is 3.08. The number of thioether (sulfide) groups is 1. The first-order valence-electron chi connectivity index (χ1n) is 5.98. The molecule has 1 aliphatic rings. The SMILES string of the molecule is CC1SCCC1NCc1nnc2ccccn12. The van der Waals surface area contributed by atoms with Gasteiger partial charge in [-0.05, 0) is 24.3 Å². The van der Waals surface area contributed by atoms with Crippen LogP contribution in [0.5, 0.6) is 0 Å². The molecule has 0 radical (unpaired) electrons. The molecular weight excluding hydrogens is 232 g/mol. The van der Waals surface area contributed by atoms with Gasteiger partial charge in [0.15, 0.2) is 11.5 Å². The average molecular weight is 248 g/mol. The maximum Gasteiger partial charge on any atom is 0.160 e. The molecule has 0 aliphatic carbocycles. The standard InChI is InChI=1S/C12H16N4S/c1-9-10(5-7-17-9)13-8-12-15-14-11-4-2-3-6-16(11)12/h2-4,6,9-10,13H,5,7-8H2,1H3. The van der Waals surface area contributed by atoms with Gasteiger partial charge in [-0.3, -0.25) is 4.40 Å². The molecule has 4 nitrogen and oxygen atoms in total. The van der Waals surface area contributed by atoms with Crippen molar-refractivity contribution in [2.75, 3.05) is 5.75 Å². The number of pyridine rings is 1. The van der Waals surface area contributed by atoms with E-state index in [0.717, 1.165) is 18.0 Å². The van der Waals surface area contributed by atoms with E-state index in [1.165, 1.54) is 12.2 Å². The lowest BCUT2D eigenvalue weighted by Gasteiger charge is -2.15. The van der Waals surface area contributed by atoms with Crippen LogP contribution in [-0.4, -0.2) is 31.6 Å². The highest BCUT2D eigenvalue weighted by Crippen LogP contribution is 2.26. The smallest absolute Gasteiger partial charge is 0.160 e. The summed E-state index contributed by atoms with van der Waals surface area (Å²) >= 11 is 2.04. The van der Waals surface area contributed by atoms with E-state index in [4.69, 9.17) is 0 Å². The predicted molar refractivity (Wildman–Crippen MR) is 70.2 cm³/mol. The Morgan fingerprint density at radius 3 is 3.24 bits per heavy atom. The van der Waals surface area contributed by atoms with Gasteiger partial charge in [-0.25, -0.2) is 0 Å². The van der Waals surface area contributed by atoms with Crippen LogP contribution in [0, 0.1) is 0 Å². The molecule has 0 saturated carbocycles. The highest BCUT2D eigenvalue weighted by atomic mass is 32.2. The lowest BCUT2D eigenvalue weighted by molar-refractivity contribution is 0.501. The van der Waals surface area contributed by atoms with Gasteiger partial charge in [0.1, 0.15) is 0 Å². The molecule has 2 unspecified atom stereocenters. The predicted octanol–water partition coefficient (Wildman–Crippen LogP) is 1.71. The Bertz CT molecular complexity index is 510. The maximum absolute atomic E-state index is 4.22. The van der Waals surface area contributed by atoms with Gasteiger partial charge < -0.3 is 5.32 Å². The Morgan fingerprint density at radius 2 is 2.41 bits per heavy atom. The first-order chi connectivity index (χ1) is 8.34. The Hall–Kier alpha value is -1.07. The minimum Gasteiger partial charge on any atom is -0.306 e. The van der Waals surface area contributed by atoms with E-state index in [0.29, 0.717) is 11.3 Å². The second kappa shape index (κ2) is 4.66. The Labute approximate surface area is 105 Å². The number of aromatic nitrogens is 3. The molecule has 0 aromatic carbocycles. The quantitative estimate of drug-likeness (QED) is 0.898. The summed E-state index contributed by atoms with van der Waals surface area (Å²) in [6, 6.07) is 6.58. The lowest BCUT2D eigenvalue weighted by Crippen LogP contribution is -2.33. The van der Waals surface area contributed by atoms with Crippen LogP contribution in [0.1, 0.15) is 19.2 Å². The first kappa shape index (κ1) is 11.0. The average Bonchev–Trinajstić information content (AvgIpc) is 2.93. The molecule has 3 heterocycles. The van der Waals surface area contributed by atoms with Gasteiger partial charge in [-0.15, -0.1) is 10.2 Å². The summed E-state index contributed by atoms with van der Waals surface area (Å²) < 4.78 is 2.04. The van der Waals surface area contributed by atoms with Crippen molar-refractivity contribution in [3.8, 4) is 0 Å². The van der Waals surface area contributed by atoms with Crippen molar-refractivity contribution >= 4 is 17.4 Å². The molecule has 2 aromatic heterocycles. The van der Waals surface area contributed by atoms with Gasteiger partial charge in [-0.1, -0.05) is 13.0 Å². The fourth-order valence-corrected chi connectivity index (χ4v) is 3.46. The number of hydrogen-bond acceptors (Lipinski definition) is 4. The fourth-order valence-electron chi connectivity index (χ4n) is 2.23. The highest BCUT2D eigenvalue weighted by Gasteiger charge is 2.23. The van der Waals surface area contributed by atoms with Gasteiger partial charge >= 0.3 is 0 Å². The minimum absolute atomic E-state index is 0.607. The molecular formula is C12H16N4S. The Balaban J connectivity index is 1.72. The highest BCUT2D eigenvalue weighted by molar-refractivity contribution is 8.00. The third-order valence-electron chi connectivity index (χ3n) is 3.28. The molecule has 1 aliphatic heterocycles. The number of fused-ring (bicyclic) bond motifs is 1. The van der Waals surface area contributed by atoms with Crippen LogP contribution in [0.2, 0.25) is 0 Å². The van der Waals surface area contributed by atoms with Crippen molar-refractivity contribution in [3.63, 3.8) is 0 Å². The lowest BCUT2D eigenvalue weighted by atomic mass is 10.2. The van der Waals surface area contributed by atoms with Gasteiger partial charge in [0, 0.05) is 17.5 Å².